The van der Waals surface area contributed by atoms with Gasteiger partial charge in [-0.25, -0.2) is 0 Å². The lowest BCUT2D eigenvalue weighted by molar-refractivity contribution is 0.919. The van der Waals surface area contributed by atoms with Crippen molar-refractivity contribution in [2.45, 2.75) is 13.8 Å². The predicted octanol–water partition coefficient (Wildman–Crippen LogP) is 3.71. The van der Waals surface area contributed by atoms with Crippen LogP contribution in [-0.4, -0.2) is 19.8 Å². The Labute approximate surface area is 120 Å². The summed E-state index contributed by atoms with van der Waals surface area (Å²) >= 11 is 12.0. The van der Waals surface area contributed by atoms with Crippen molar-refractivity contribution in [3.63, 3.8) is 0 Å². The summed E-state index contributed by atoms with van der Waals surface area (Å²) in [5.41, 5.74) is 3.51. The van der Waals surface area contributed by atoms with E-state index < -0.39 is 0 Å². The summed E-state index contributed by atoms with van der Waals surface area (Å²) in [7, 11) is 0. The Morgan fingerprint density at radius 2 is 1.63 bits per heavy atom. The van der Waals surface area contributed by atoms with Gasteiger partial charge in [-0.3, -0.25) is 0 Å². The summed E-state index contributed by atoms with van der Waals surface area (Å²) < 4.78 is 1.66. The highest BCUT2D eigenvalue weighted by atomic mass is 35.5. The summed E-state index contributed by atoms with van der Waals surface area (Å²) in [5.74, 6) is 0.650. The van der Waals surface area contributed by atoms with Gasteiger partial charge in [-0.05, 0) is 43.7 Å². The van der Waals surface area contributed by atoms with Crippen LogP contribution in [0.2, 0.25) is 10.2 Å². The van der Waals surface area contributed by atoms with Gasteiger partial charge in [0.25, 0.3) is 0 Å². The third-order valence-electron chi connectivity index (χ3n) is 3.14. The second kappa shape index (κ2) is 4.47. The maximum absolute atomic E-state index is 6.13. The lowest BCUT2D eigenvalue weighted by Crippen LogP contribution is -2.00. The molecule has 0 aliphatic heterocycles. The monoisotopic (exact) mass is 292 g/mol. The summed E-state index contributed by atoms with van der Waals surface area (Å²) in [5, 5.41) is 13.8. The van der Waals surface area contributed by atoms with E-state index in [1.54, 1.807) is 16.6 Å². The molecule has 0 N–H and O–H groups in total. The first-order valence-electron chi connectivity index (χ1n) is 5.72. The molecule has 0 atom stereocenters. The topological polar surface area (TPSA) is 43.1 Å². The fourth-order valence-electron chi connectivity index (χ4n) is 1.87. The Hall–Kier alpha value is -1.65. The van der Waals surface area contributed by atoms with Gasteiger partial charge in [0.05, 0.1) is 0 Å². The number of halogens is 2. The maximum Gasteiger partial charge on any atom is 0.185 e. The summed E-state index contributed by atoms with van der Waals surface area (Å²) in [6, 6.07) is 7.37. The van der Waals surface area contributed by atoms with Gasteiger partial charge in [0.15, 0.2) is 16.6 Å². The summed E-state index contributed by atoms with van der Waals surface area (Å²) in [6.45, 7) is 3.87. The predicted molar refractivity (Wildman–Crippen MR) is 75.7 cm³/mol. The molecule has 0 fully saturated rings. The van der Waals surface area contributed by atoms with E-state index in [2.05, 4.69) is 15.3 Å². The van der Waals surface area contributed by atoms with Crippen LogP contribution < -0.4 is 0 Å². The smallest absolute Gasteiger partial charge is 0.185 e. The summed E-state index contributed by atoms with van der Waals surface area (Å²) in [6.07, 6.45) is 0. The molecule has 6 heteroatoms. The molecule has 0 spiro atoms. The molecule has 19 heavy (non-hydrogen) atoms. The Balaban J connectivity index is 2.29. The molecule has 0 unspecified atom stereocenters. The molecule has 0 amide bonds. The minimum absolute atomic E-state index is 0.458. The van der Waals surface area contributed by atoms with Crippen LogP contribution in [0.15, 0.2) is 24.3 Å². The van der Waals surface area contributed by atoms with E-state index in [1.807, 2.05) is 26.0 Å². The van der Waals surface area contributed by atoms with Crippen molar-refractivity contribution in [2.24, 2.45) is 0 Å². The van der Waals surface area contributed by atoms with E-state index in [4.69, 9.17) is 23.2 Å². The molecule has 4 nitrogen and oxygen atoms in total. The van der Waals surface area contributed by atoms with Crippen LogP contribution in [0.5, 0.6) is 0 Å². The van der Waals surface area contributed by atoms with Crippen molar-refractivity contribution in [1.82, 2.24) is 19.8 Å². The van der Waals surface area contributed by atoms with Crippen molar-refractivity contribution in [2.75, 3.05) is 0 Å². The summed E-state index contributed by atoms with van der Waals surface area (Å²) in [4.78, 5) is 0. The van der Waals surface area contributed by atoms with E-state index in [-0.39, 0.29) is 0 Å². The van der Waals surface area contributed by atoms with Gasteiger partial charge in [0, 0.05) is 16.1 Å². The van der Waals surface area contributed by atoms with Crippen LogP contribution in [0.25, 0.3) is 17.0 Å². The number of benzene rings is 1. The van der Waals surface area contributed by atoms with Gasteiger partial charge in [-0.2, -0.15) is 9.61 Å². The molecular formula is C13H10Cl2N4. The maximum atomic E-state index is 6.13. The highest BCUT2D eigenvalue weighted by molar-refractivity contribution is 6.30. The molecule has 2 heterocycles. The van der Waals surface area contributed by atoms with Crippen molar-refractivity contribution >= 4 is 28.8 Å². The number of hydrogen-bond donors (Lipinski definition) is 0. The van der Waals surface area contributed by atoms with Gasteiger partial charge in [0.1, 0.15) is 0 Å². The molecule has 1 aromatic carbocycles. The minimum Gasteiger partial charge on any atom is -0.191 e. The minimum atomic E-state index is 0.458. The second-order valence-corrected chi connectivity index (χ2v) is 5.10. The van der Waals surface area contributed by atoms with Crippen LogP contribution in [0, 0.1) is 13.8 Å². The lowest BCUT2D eigenvalue weighted by Gasteiger charge is -2.05. The number of rotatable bonds is 1. The van der Waals surface area contributed by atoms with E-state index in [0.717, 1.165) is 16.7 Å². The molecule has 0 bridgehead atoms. The first kappa shape index (κ1) is 12.4. The quantitative estimate of drug-likeness (QED) is 0.687. The molecule has 0 saturated carbocycles. The van der Waals surface area contributed by atoms with E-state index >= 15 is 0 Å². The molecule has 2 aromatic heterocycles. The normalized spacial score (nSPS) is 11.2. The Bertz CT molecular complexity index is 762. The van der Waals surface area contributed by atoms with Crippen LogP contribution in [0.1, 0.15) is 11.1 Å². The molecule has 3 rings (SSSR count). The average molecular weight is 293 g/mol. The zero-order valence-electron chi connectivity index (χ0n) is 10.4. The fraction of sp³-hybridized carbons (Fsp3) is 0.154. The third kappa shape index (κ3) is 1.97. The second-order valence-electron chi connectivity index (χ2n) is 4.31. The van der Waals surface area contributed by atoms with Gasteiger partial charge in [-0.1, -0.05) is 23.2 Å². The SMILES string of the molecule is Cc1c(Cl)nn2c(-c3ccc(Cl)cc3)nnc2c1C. The Kier molecular flexibility index (Phi) is 2.92. The number of hydrogen-bond acceptors (Lipinski definition) is 3. The van der Waals surface area contributed by atoms with Crippen molar-refractivity contribution in [3.05, 3.63) is 45.6 Å². The molecule has 0 aliphatic carbocycles. The van der Waals surface area contributed by atoms with E-state index in [0.29, 0.717) is 21.6 Å². The Morgan fingerprint density at radius 3 is 2.32 bits per heavy atom. The fourth-order valence-corrected chi connectivity index (χ4v) is 2.22. The van der Waals surface area contributed by atoms with Gasteiger partial charge in [0.2, 0.25) is 0 Å². The van der Waals surface area contributed by atoms with Crippen LogP contribution in [0.3, 0.4) is 0 Å². The van der Waals surface area contributed by atoms with Crippen LogP contribution in [0.4, 0.5) is 0 Å². The third-order valence-corrected chi connectivity index (χ3v) is 3.75. The average Bonchev–Trinajstić information content (AvgIpc) is 2.81. The zero-order valence-corrected chi connectivity index (χ0v) is 11.9. The molecule has 3 aromatic rings. The van der Waals surface area contributed by atoms with Crippen molar-refractivity contribution in [3.8, 4) is 11.4 Å². The van der Waals surface area contributed by atoms with Gasteiger partial charge < -0.3 is 0 Å². The molecular weight excluding hydrogens is 283 g/mol. The standard InChI is InChI=1S/C13H10Cl2N4/c1-7-8(2)12-16-17-13(19(12)18-11(7)15)9-3-5-10(14)6-4-9/h3-6H,1-2H3. The number of nitrogens with zero attached hydrogens (tertiary/aromatic N) is 4. The van der Waals surface area contributed by atoms with Gasteiger partial charge in [-0.15, -0.1) is 10.2 Å². The number of aromatic nitrogens is 4. The molecule has 0 aliphatic rings. The van der Waals surface area contributed by atoms with E-state index in [9.17, 15) is 0 Å². The van der Waals surface area contributed by atoms with Crippen LogP contribution >= 0.6 is 23.2 Å². The molecule has 0 saturated heterocycles. The van der Waals surface area contributed by atoms with E-state index in [1.165, 1.54) is 0 Å². The number of aryl methyl sites for hydroxylation is 1. The van der Waals surface area contributed by atoms with Crippen molar-refractivity contribution < 1.29 is 0 Å². The van der Waals surface area contributed by atoms with Gasteiger partial charge >= 0.3 is 0 Å². The molecule has 96 valence electrons. The highest BCUT2D eigenvalue weighted by Gasteiger charge is 2.14. The first-order valence-corrected chi connectivity index (χ1v) is 6.47. The first-order chi connectivity index (χ1) is 9.08. The van der Waals surface area contributed by atoms with Crippen LogP contribution in [-0.2, 0) is 0 Å². The number of fused-ring (bicyclic) bond motifs is 1. The largest absolute Gasteiger partial charge is 0.191 e. The lowest BCUT2D eigenvalue weighted by atomic mass is 10.2. The van der Waals surface area contributed by atoms with Crippen molar-refractivity contribution in [1.29, 1.82) is 0 Å². The highest BCUT2D eigenvalue weighted by Crippen LogP contribution is 2.24. The Morgan fingerprint density at radius 1 is 0.947 bits per heavy atom. The zero-order chi connectivity index (χ0) is 13.6. The molecule has 0 radical (unpaired) electrons.